The molecule has 31 heavy (non-hydrogen) atoms. The Balaban J connectivity index is 1.92. The zero-order valence-electron chi connectivity index (χ0n) is 17.1. The van der Waals surface area contributed by atoms with Gasteiger partial charge in [-0.15, -0.1) is 0 Å². The molecule has 0 atom stereocenters. The topological polar surface area (TPSA) is 66.5 Å². The predicted molar refractivity (Wildman–Crippen MR) is 125 cm³/mol. The van der Waals surface area contributed by atoms with E-state index >= 15 is 0 Å². The Kier molecular flexibility index (Phi) is 7.38. The molecule has 3 rings (SSSR count). The van der Waals surface area contributed by atoms with Crippen LogP contribution in [-0.4, -0.2) is 25.2 Å². The highest BCUT2D eigenvalue weighted by atomic mass is 35.5. The van der Waals surface area contributed by atoms with Gasteiger partial charge in [-0.25, -0.2) is 8.42 Å². The predicted octanol–water partition coefficient (Wildman–Crippen LogP) is 5.44. The Morgan fingerprint density at radius 1 is 0.968 bits per heavy atom. The van der Waals surface area contributed by atoms with Crippen LogP contribution in [0.5, 0.6) is 0 Å². The summed E-state index contributed by atoms with van der Waals surface area (Å²) in [6, 6.07) is 18.9. The lowest BCUT2D eigenvalue weighted by Crippen LogP contribution is -2.37. The van der Waals surface area contributed by atoms with Crippen molar-refractivity contribution in [1.82, 2.24) is 4.31 Å². The van der Waals surface area contributed by atoms with Gasteiger partial charge in [0.05, 0.1) is 11.6 Å². The minimum atomic E-state index is -4.10. The number of aryl methyl sites for hydroxylation is 2. The van der Waals surface area contributed by atoms with Gasteiger partial charge < -0.3 is 5.32 Å². The van der Waals surface area contributed by atoms with E-state index in [0.29, 0.717) is 5.69 Å². The van der Waals surface area contributed by atoms with Crippen molar-refractivity contribution in [3.63, 3.8) is 0 Å². The van der Waals surface area contributed by atoms with E-state index < -0.39 is 15.9 Å². The summed E-state index contributed by atoms with van der Waals surface area (Å²) in [5.74, 6) is -0.454. The zero-order chi connectivity index (χ0) is 22.6. The lowest BCUT2D eigenvalue weighted by Gasteiger charge is -2.23. The fourth-order valence-electron chi connectivity index (χ4n) is 3.13. The summed E-state index contributed by atoms with van der Waals surface area (Å²) in [5, 5.41) is 3.08. The van der Waals surface area contributed by atoms with Gasteiger partial charge in [-0.3, -0.25) is 4.79 Å². The number of sulfonamides is 1. The minimum Gasteiger partial charge on any atom is -0.325 e. The Bertz CT molecular complexity index is 1200. The Labute approximate surface area is 192 Å². The first kappa shape index (κ1) is 23.3. The van der Waals surface area contributed by atoms with Crippen molar-refractivity contribution >= 4 is 44.8 Å². The van der Waals surface area contributed by atoms with Crippen molar-refractivity contribution in [1.29, 1.82) is 0 Å². The smallest absolute Gasteiger partial charge is 0.245 e. The average molecular weight is 477 g/mol. The highest BCUT2D eigenvalue weighted by Crippen LogP contribution is 2.28. The van der Waals surface area contributed by atoms with Crippen molar-refractivity contribution in [3.8, 4) is 0 Å². The number of benzene rings is 3. The molecule has 0 bridgehead atoms. The number of amides is 1. The van der Waals surface area contributed by atoms with Gasteiger partial charge in [0.2, 0.25) is 15.9 Å². The fraction of sp³-hybridized carbons (Fsp3) is 0.174. The first-order valence-corrected chi connectivity index (χ1v) is 11.7. The van der Waals surface area contributed by atoms with Crippen molar-refractivity contribution in [2.75, 3.05) is 11.9 Å². The molecule has 3 aromatic rings. The molecule has 5 nitrogen and oxygen atoms in total. The number of carbonyl (C=O) groups excluding carboxylic acids is 1. The number of rotatable bonds is 7. The van der Waals surface area contributed by atoms with Crippen LogP contribution in [0.4, 0.5) is 5.69 Å². The Morgan fingerprint density at radius 3 is 2.35 bits per heavy atom. The molecule has 0 aliphatic rings. The lowest BCUT2D eigenvalue weighted by atomic mass is 10.1. The second kappa shape index (κ2) is 9.83. The minimum absolute atomic E-state index is 0.00627. The van der Waals surface area contributed by atoms with Crippen LogP contribution < -0.4 is 5.32 Å². The summed E-state index contributed by atoms with van der Waals surface area (Å²) in [4.78, 5) is 12.7. The van der Waals surface area contributed by atoms with Crippen LogP contribution in [0.3, 0.4) is 0 Å². The highest BCUT2D eigenvalue weighted by molar-refractivity contribution is 7.89. The van der Waals surface area contributed by atoms with Crippen LogP contribution in [0.15, 0.2) is 71.6 Å². The van der Waals surface area contributed by atoms with Crippen LogP contribution >= 0.6 is 23.2 Å². The maximum absolute atomic E-state index is 13.4. The molecule has 3 aromatic carbocycles. The third kappa shape index (κ3) is 5.86. The van der Waals surface area contributed by atoms with Crippen molar-refractivity contribution in [2.45, 2.75) is 25.3 Å². The van der Waals surface area contributed by atoms with Gasteiger partial charge in [-0.2, -0.15) is 4.31 Å². The van der Waals surface area contributed by atoms with E-state index in [-0.39, 0.29) is 28.0 Å². The molecule has 1 amide bonds. The van der Waals surface area contributed by atoms with Crippen LogP contribution in [0.1, 0.15) is 16.7 Å². The Morgan fingerprint density at radius 2 is 1.68 bits per heavy atom. The van der Waals surface area contributed by atoms with E-state index in [0.717, 1.165) is 21.0 Å². The molecule has 0 aliphatic carbocycles. The molecule has 0 saturated carbocycles. The molecule has 0 unspecified atom stereocenters. The summed E-state index contributed by atoms with van der Waals surface area (Å²) < 4.78 is 27.9. The van der Waals surface area contributed by atoms with Gasteiger partial charge in [0.15, 0.2) is 0 Å². The normalized spacial score (nSPS) is 11.5. The zero-order valence-corrected chi connectivity index (χ0v) is 19.4. The third-order valence-electron chi connectivity index (χ3n) is 4.69. The SMILES string of the molecule is Cc1ccc(NC(=O)CN(Cc2ccccc2)S(=O)(=O)c2cc(Cl)ccc2Cl)c(C)c1. The quantitative estimate of drug-likeness (QED) is 0.493. The molecule has 0 aromatic heterocycles. The number of hydrogen-bond acceptors (Lipinski definition) is 3. The molecule has 0 heterocycles. The van der Waals surface area contributed by atoms with Gasteiger partial charge >= 0.3 is 0 Å². The standard InChI is InChI=1S/C23H22Cl2N2O3S/c1-16-8-11-21(17(2)12-16)26-23(28)15-27(14-18-6-4-3-5-7-18)31(29,30)22-13-19(24)9-10-20(22)25/h3-13H,14-15H2,1-2H3,(H,26,28). The summed E-state index contributed by atoms with van der Waals surface area (Å²) >= 11 is 12.2. The average Bonchev–Trinajstić information content (AvgIpc) is 2.72. The van der Waals surface area contributed by atoms with Gasteiger partial charge in [0.1, 0.15) is 4.90 Å². The maximum Gasteiger partial charge on any atom is 0.245 e. The van der Waals surface area contributed by atoms with Crippen LogP contribution in [0.25, 0.3) is 0 Å². The molecule has 1 N–H and O–H groups in total. The van der Waals surface area contributed by atoms with Crippen LogP contribution in [0, 0.1) is 13.8 Å². The monoisotopic (exact) mass is 476 g/mol. The van der Waals surface area contributed by atoms with Crippen molar-refractivity contribution in [3.05, 3.63) is 93.5 Å². The fourth-order valence-corrected chi connectivity index (χ4v) is 5.25. The van der Waals surface area contributed by atoms with E-state index in [9.17, 15) is 13.2 Å². The van der Waals surface area contributed by atoms with Gasteiger partial charge in [0, 0.05) is 17.3 Å². The van der Waals surface area contributed by atoms with Crippen molar-refractivity contribution in [2.24, 2.45) is 0 Å². The molecule has 0 aliphatic heterocycles. The molecular weight excluding hydrogens is 455 g/mol. The van der Waals surface area contributed by atoms with E-state index in [4.69, 9.17) is 23.2 Å². The summed E-state index contributed by atoms with van der Waals surface area (Å²) in [7, 11) is -4.10. The number of nitrogens with one attached hydrogen (secondary N) is 1. The van der Waals surface area contributed by atoms with E-state index in [1.165, 1.54) is 18.2 Å². The molecular formula is C23H22Cl2N2O3S. The van der Waals surface area contributed by atoms with Crippen molar-refractivity contribution < 1.29 is 13.2 Å². The molecule has 0 fully saturated rings. The number of hydrogen-bond donors (Lipinski definition) is 1. The van der Waals surface area contributed by atoms with Crippen LogP contribution in [-0.2, 0) is 21.4 Å². The number of anilines is 1. The van der Waals surface area contributed by atoms with E-state index in [2.05, 4.69) is 5.32 Å². The second-order valence-electron chi connectivity index (χ2n) is 7.20. The largest absolute Gasteiger partial charge is 0.325 e. The van der Waals surface area contributed by atoms with Gasteiger partial charge in [0.25, 0.3) is 0 Å². The van der Waals surface area contributed by atoms with Gasteiger partial charge in [-0.1, -0.05) is 71.2 Å². The van der Waals surface area contributed by atoms with E-state index in [1.807, 2.05) is 44.2 Å². The summed E-state index contributed by atoms with van der Waals surface area (Å²) in [5.41, 5.74) is 3.33. The third-order valence-corrected chi connectivity index (χ3v) is 7.20. The van der Waals surface area contributed by atoms with Gasteiger partial charge in [-0.05, 0) is 49.2 Å². The maximum atomic E-state index is 13.4. The first-order chi connectivity index (χ1) is 14.7. The van der Waals surface area contributed by atoms with Crippen LogP contribution in [0.2, 0.25) is 10.0 Å². The number of carbonyl (C=O) groups is 1. The Hall–Kier alpha value is -2.38. The lowest BCUT2D eigenvalue weighted by molar-refractivity contribution is -0.116. The summed E-state index contributed by atoms with van der Waals surface area (Å²) in [6.45, 7) is 3.47. The summed E-state index contributed by atoms with van der Waals surface area (Å²) in [6.07, 6.45) is 0. The molecule has 0 radical (unpaired) electrons. The number of halogens is 2. The molecule has 162 valence electrons. The first-order valence-electron chi connectivity index (χ1n) is 9.53. The highest BCUT2D eigenvalue weighted by Gasteiger charge is 2.29. The molecule has 8 heteroatoms. The molecule has 0 saturated heterocycles. The molecule has 0 spiro atoms. The van der Waals surface area contributed by atoms with E-state index in [1.54, 1.807) is 18.2 Å². The second-order valence-corrected chi connectivity index (χ2v) is 9.95. The number of nitrogens with zero attached hydrogens (tertiary/aromatic N) is 1.